The van der Waals surface area contributed by atoms with Crippen LogP contribution < -0.4 is 0 Å². The van der Waals surface area contributed by atoms with Crippen LogP contribution in [0.1, 0.15) is 30.7 Å². The van der Waals surface area contributed by atoms with Crippen LogP contribution in [0.15, 0.2) is 35.4 Å². The Morgan fingerprint density at radius 2 is 2.00 bits per heavy atom. The van der Waals surface area contributed by atoms with Crippen LogP contribution in [0.25, 0.3) is 10.4 Å². The summed E-state index contributed by atoms with van der Waals surface area (Å²) >= 11 is 0. The summed E-state index contributed by atoms with van der Waals surface area (Å²) < 4.78 is 0. The molecule has 0 heterocycles. The fourth-order valence-corrected chi connectivity index (χ4v) is 2.23. The molecule has 0 bridgehead atoms. The Morgan fingerprint density at radius 3 is 2.71 bits per heavy atom. The third-order valence-electron chi connectivity index (χ3n) is 2.91. The van der Waals surface area contributed by atoms with Gasteiger partial charge in [0.15, 0.2) is 0 Å². The highest BCUT2D eigenvalue weighted by Crippen LogP contribution is 2.36. The van der Waals surface area contributed by atoms with Gasteiger partial charge in [0.05, 0.1) is 0 Å². The highest BCUT2D eigenvalue weighted by atomic mass is 15.2. The molecule has 1 aromatic rings. The zero-order valence-corrected chi connectivity index (χ0v) is 8.00. The van der Waals surface area contributed by atoms with Crippen LogP contribution >= 0.6 is 0 Å². The van der Waals surface area contributed by atoms with Crippen LogP contribution in [-0.4, -0.2) is 6.04 Å². The monoisotopic (exact) mass is 187 g/mol. The minimum absolute atomic E-state index is 0.169. The van der Waals surface area contributed by atoms with Crippen LogP contribution in [0.4, 0.5) is 0 Å². The van der Waals surface area contributed by atoms with E-state index in [1.165, 1.54) is 12.0 Å². The van der Waals surface area contributed by atoms with E-state index in [-0.39, 0.29) is 6.04 Å². The fraction of sp³-hybridized carbons (Fsp3) is 0.455. The van der Waals surface area contributed by atoms with E-state index in [0.29, 0.717) is 5.92 Å². The number of rotatable bonds is 2. The predicted octanol–water partition coefficient (Wildman–Crippen LogP) is 3.63. The summed E-state index contributed by atoms with van der Waals surface area (Å²) in [6.45, 7) is 0. The molecule has 3 heteroatoms. The molecule has 1 saturated carbocycles. The Balaban J connectivity index is 2.21. The predicted molar refractivity (Wildman–Crippen MR) is 56.0 cm³/mol. The first-order chi connectivity index (χ1) is 6.92. The Kier molecular flexibility index (Phi) is 2.70. The van der Waals surface area contributed by atoms with Gasteiger partial charge >= 0.3 is 0 Å². The molecule has 3 nitrogen and oxygen atoms in total. The van der Waals surface area contributed by atoms with Gasteiger partial charge in [0, 0.05) is 11.0 Å². The van der Waals surface area contributed by atoms with Gasteiger partial charge in [-0.05, 0) is 29.9 Å². The second-order valence-electron chi connectivity index (χ2n) is 3.72. The van der Waals surface area contributed by atoms with E-state index in [4.69, 9.17) is 5.53 Å². The van der Waals surface area contributed by atoms with Crippen molar-refractivity contribution in [3.05, 3.63) is 46.3 Å². The highest BCUT2D eigenvalue weighted by molar-refractivity contribution is 5.22. The van der Waals surface area contributed by atoms with Crippen LogP contribution in [0.3, 0.4) is 0 Å². The Morgan fingerprint density at radius 1 is 1.21 bits per heavy atom. The third kappa shape index (κ3) is 1.73. The van der Waals surface area contributed by atoms with Crippen molar-refractivity contribution in [3.63, 3.8) is 0 Å². The molecule has 14 heavy (non-hydrogen) atoms. The minimum Gasteiger partial charge on any atom is -0.0900 e. The number of nitrogens with zero attached hydrogens (tertiary/aromatic N) is 3. The summed E-state index contributed by atoms with van der Waals surface area (Å²) in [6, 6.07) is 10.5. The van der Waals surface area contributed by atoms with Gasteiger partial charge in [-0.3, -0.25) is 0 Å². The van der Waals surface area contributed by atoms with E-state index in [0.717, 1.165) is 12.8 Å². The standard InChI is InChI=1S/C11H13N3/c12-14-13-11-8-4-7-10(11)9-5-2-1-3-6-9/h1-3,5-6,10-11H,4,7-8H2/t10-,11-/m1/s1. The SMILES string of the molecule is [N-]=[N+]=N[C@@H]1CCC[C@@H]1c1ccccc1. The van der Waals surface area contributed by atoms with Crippen molar-refractivity contribution < 1.29 is 0 Å². The van der Waals surface area contributed by atoms with Crippen molar-refractivity contribution >= 4 is 0 Å². The van der Waals surface area contributed by atoms with Crippen LogP contribution in [0, 0.1) is 0 Å². The van der Waals surface area contributed by atoms with E-state index in [2.05, 4.69) is 22.2 Å². The van der Waals surface area contributed by atoms with E-state index < -0.39 is 0 Å². The van der Waals surface area contributed by atoms with E-state index >= 15 is 0 Å². The molecule has 0 aliphatic heterocycles. The Hall–Kier alpha value is -1.47. The van der Waals surface area contributed by atoms with Gasteiger partial charge < -0.3 is 0 Å². The number of hydrogen-bond acceptors (Lipinski definition) is 1. The second kappa shape index (κ2) is 4.16. The lowest BCUT2D eigenvalue weighted by atomic mass is 9.95. The van der Waals surface area contributed by atoms with Gasteiger partial charge in [-0.15, -0.1) is 0 Å². The lowest BCUT2D eigenvalue weighted by Crippen LogP contribution is -2.08. The molecule has 2 atom stereocenters. The zero-order valence-electron chi connectivity index (χ0n) is 8.00. The summed E-state index contributed by atoms with van der Waals surface area (Å²) in [4.78, 5) is 2.92. The van der Waals surface area contributed by atoms with Gasteiger partial charge in [0.25, 0.3) is 0 Å². The Bertz CT molecular complexity index is 341. The fourth-order valence-electron chi connectivity index (χ4n) is 2.23. The second-order valence-corrected chi connectivity index (χ2v) is 3.72. The van der Waals surface area contributed by atoms with Crippen molar-refractivity contribution in [2.24, 2.45) is 5.11 Å². The maximum absolute atomic E-state index is 8.45. The minimum atomic E-state index is 0.169. The Labute approximate surface area is 83.4 Å². The number of hydrogen-bond donors (Lipinski definition) is 0. The first kappa shape index (κ1) is 9.10. The lowest BCUT2D eigenvalue weighted by Gasteiger charge is -2.14. The molecule has 1 aliphatic carbocycles. The topological polar surface area (TPSA) is 48.8 Å². The lowest BCUT2D eigenvalue weighted by molar-refractivity contribution is 0.610. The highest BCUT2D eigenvalue weighted by Gasteiger charge is 2.27. The van der Waals surface area contributed by atoms with Crippen LogP contribution in [0.5, 0.6) is 0 Å². The molecular formula is C11H13N3. The van der Waals surface area contributed by atoms with Crippen LogP contribution in [-0.2, 0) is 0 Å². The van der Waals surface area contributed by atoms with Gasteiger partial charge in [0.1, 0.15) is 0 Å². The van der Waals surface area contributed by atoms with Crippen molar-refractivity contribution in [1.82, 2.24) is 0 Å². The van der Waals surface area contributed by atoms with E-state index in [9.17, 15) is 0 Å². The number of azide groups is 1. The van der Waals surface area contributed by atoms with Crippen LogP contribution in [0.2, 0.25) is 0 Å². The molecule has 2 rings (SSSR count). The summed E-state index contributed by atoms with van der Waals surface area (Å²) in [5, 5.41) is 3.86. The average Bonchev–Trinajstić information content (AvgIpc) is 2.68. The molecule has 0 aromatic heterocycles. The molecule has 1 fully saturated rings. The first-order valence-electron chi connectivity index (χ1n) is 5.01. The van der Waals surface area contributed by atoms with Crippen molar-refractivity contribution in [2.75, 3.05) is 0 Å². The maximum atomic E-state index is 8.45. The summed E-state index contributed by atoms with van der Waals surface area (Å²) in [6.07, 6.45) is 3.35. The number of benzene rings is 1. The third-order valence-corrected chi connectivity index (χ3v) is 2.91. The quantitative estimate of drug-likeness (QED) is 0.385. The molecule has 0 saturated heterocycles. The van der Waals surface area contributed by atoms with Gasteiger partial charge in [-0.1, -0.05) is 41.9 Å². The molecule has 72 valence electrons. The molecule has 0 N–H and O–H groups in total. The molecular weight excluding hydrogens is 174 g/mol. The molecule has 0 unspecified atom stereocenters. The maximum Gasteiger partial charge on any atom is 0.0442 e. The van der Waals surface area contributed by atoms with Crippen molar-refractivity contribution in [3.8, 4) is 0 Å². The molecule has 0 radical (unpaired) electrons. The largest absolute Gasteiger partial charge is 0.0900 e. The average molecular weight is 187 g/mol. The van der Waals surface area contributed by atoms with E-state index in [1.807, 2.05) is 18.2 Å². The molecule has 0 spiro atoms. The van der Waals surface area contributed by atoms with Gasteiger partial charge in [-0.2, -0.15) is 0 Å². The molecule has 1 aromatic carbocycles. The summed E-state index contributed by atoms with van der Waals surface area (Å²) in [5.74, 6) is 0.437. The normalized spacial score (nSPS) is 25.7. The van der Waals surface area contributed by atoms with Gasteiger partial charge in [0.2, 0.25) is 0 Å². The van der Waals surface area contributed by atoms with Crippen molar-refractivity contribution in [2.45, 2.75) is 31.2 Å². The summed E-state index contributed by atoms with van der Waals surface area (Å²) in [7, 11) is 0. The first-order valence-corrected chi connectivity index (χ1v) is 5.01. The molecule has 0 amide bonds. The smallest absolute Gasteiger partial charge is 0.0442 e. The summed E-state index contributed by atoms with van der Waals surface area (Å²) in [5.41, 5.74) is 9.76. The molecule has 1 aliphatic rings. The van der Waals surface area contributed by atoms with Crippen molar-refractivity contribution in [1.29, 1.82) is 0 Å². The van der Waals surface area contributed by atoms with Gasteiger partial charge in [-0.25, -0.2) is 0 Å². The van der Waals surface area contributed by atoms with E-state index in [1.54, 1.807) is 0 Å². The zero-order chi connectivity index (χ0) is 9.80.